The van der Waals surface area contributed by atoms with Gasteiger partial charge in [0.1, 0.15) is 5.75 Å². The van der Waals surface area contributed by atoms with E-state index in [1.165, 1.54) is 0 Å². The van der Waals surface area contributed by atoms with Crippen molar-refractivity contribution in [3.05, 3.63) is 30.3 Å². The topological polar surface area (TPSA) is 71.8 Å². The van der Waals surface area contributed by atoms with Crippen molar-refractivity contribution in [3.8, 4) is 23.0 Å². The van der Waals surface area contributed by atoms with Crippen LogP contribution < -0.4 is 9.47 Å². The average molecular weight is 285 g/mol. The molecule has 1 heterocycles. The summed E-state index contributed by atoms with van der Waals surface area (Å²) in [6.45, 7) is 2.20. The smallest absolute Gasteiger partial charge is 0.201 e. The number of hydrogen-bond acceptors (Lipinski definition) is 5. The van der Waals surface area contributed by atoms with E-state index in [9.17, 15) is 10.2 Å². The molecule has 0 saturated carbocycles. The molecule has 3 aromatic rings. The molecule has 0 aliphatic carbocycles. The molecule has 2 aromatic carbocycles. The van der Waals surface area contributed by atoms with Gasteiger partial charge in [-0.05, 0) is 31.2 Å². The number of phenols is 2. The molecule has 0 fully saturated rings. The summed E-state index contributed by atoms with van der Waals surface area (Å²) in [4.78, 5) is 4.49. The summed E-state index contributed by atoms with van der Waals surface area (Å²) in [6.07, 6.45) is 0. The van der Waals surface area contributed by atoms with Crippen LogP contribution in [0.5, 0.6) is 23.0 Å². The van der Waals surface area contributed by atoms with Crippen molar-refractivity contribution in [3.63, 3.8) is 0 Å². The molecule has 0 radical (unpaired) electrons. The van der Waals surface area contributed by atoms with Crippen LogP contribution in [-0.2, 0) is 0 Å². The number of phenolic OH excluding ortho intramolecular Hbond substituents is 2. The molecular weight excluding hydrogens is 270 g/mol. The summed E-state index contributed by atoms with van der Waals surface area (Å²) in [5, 5.41) is 21.4. The predicted octanol–water partition coefficient (Wildman–Crippen LogP) is 3.21. The van der Waals surface area contributed by atoms with E-state index < -0.39 is 0 Å². The van der Waals surface area contributed by atoms with Crippen molar-refractivity contribution in [1.29, 1.82) is 0 Å². The Balaban J connectivity index is 2.31. The number of hydrogen-bond donors (Lipinski definition) is 2. The van der Waals surface area contributed by atoms with Gasteiger partial charge < -0.3 is 19.7 Å². The van der Waals surface area contributed by atoms with Gasteiger partial charge in [-0.15, -0.1) is 0 Å². The van der Waals surface area contributed by atoms with Gasteiger partial charge in [0.05, 0.1) is 24.8 Å². The third-order valence-electron chi connectivity index (χ3n) is 3.33. The summed E-state index contributed by atoms with van der Waals surface area (Å²) in [7, 11) is 1.59. The molecule has 0 unspecified atom stereocenters. The monoisotopic (exact) mass is 285 g/mol. The molecule has 0 bridgehead atoms. The van der Waals surface area contributed by atoms with E-state index >= 15 is 0 Å². The fraction of sp³-hybridized carbons (Fsp3) is 0.188. The Morgan fingerprint density at radius 3 is 2.57 bits per heavy atom. The minimum atomic E-state index is -0.270. The van der Waals surface area contributed by atoms with Crippen LogP contribution >= 0.6 is 0 Å². The van der Waals surface area contributed by atoms with Crippen LogP contribution in [-0.4, -0.2) is 28.9 Å². The number of ether oxygens (including phenoxy) is 2. The van der Waals surface area contributed by atoms with Gasteiger partial charge >= 0.3 is 0 Å². The fourth-order valence-corrected chi connectivity index (χ4v) is 2.30. The van der Waals surface area contributed by atoms with Gasteiger partial charge in [0.2, 0.25) is 5.75 Å². The lowest BCUT2D eigenvalue weighted by atomic mass is 10.1. The Morgan fingerprint density at radius 1 is 1.05 bits per heavy atom. The van der Waals surface area contributed by atoms with Crippen LogP contribution in [0, 0.1) is 0 Å². The second kappa shape index (κ2) is 5.01. The minimum Gasteiger partial charge on any atom is -0.504 e. The van der Waals surface area contributed by atoms with Gasteiger partial charge in [-0.3, -0.25) is 0 Å². The Hall–Kier alpha value is -2.69. The van der Waals surface area contributed by atoms with Crippen molar-refractivity contribution in [2.75, 3.05) is 13.7 Å². The lowest BCUT2D eigenvalue weighted by Crippen LogP contribution is -1.93. The first-order valence-corrected chi connectivity index (χ1v) is 6.60. The molecule has 5 heteroatoms. The van der Waals surface area contributed by atoms with E-state index in [0.717, 1.165) is 10.9 Å². The summed E-state index contributed by atoms with van der Waals surface area (Å²) in [5.74, 6) is 0.433. The molecule has 108 valence electrons. The number of aromatic nitrogens is 1. The molecule has 5 nitrogen and oxygen atoms in total. The zero-order chi connectivity index (χ0) is 15.0. The number of rotatable bonds is 3. The van der Waals surface area contributed by atoms with Crippen LogP contribution in [0.15, 0.2) is 30.3 Å². The molecule has 0 aliphatic heterocycles. The largest absolute Gasteiger partial charge is 0.504 e. The highest BCUT2D eigenvalue weighted by Gasteiger charge is 2.14. The summed E-state index contributed by atoms with van der Waals surface area (Å²) in [6, 6.07) is 8.89. The lowest BCUT2D eigenvalue weighted by Gasteiger charge is -2.11. The van der Waals surface area contributed by atoms with Gasteiger partial charge in [-0.25, -0.2) is 4.98 Å². The van der Waals surface area contributed by atoms with Crippen LogP contribution in [0.1, 0.15) is 6.92 Å². The van der Waals surface area contributed by atoms with Crippen LogP contribution in [0.2, 0.25) is 0 Å². The first kappa shape index (κ1) is 13.3. The zero-order valence-electron chi connectivity index (χ0n) is 11.8. The predicted molar refractivity (Wildman–Crippen MR) is 80.3 cm³/mol. The third kappa shape index (κ3) is 2.16. The van der Waals surface area contributed by atoms with Crippen LogP contribution in [0.25, 0.3) is 21.8 Å². The SMILES string of the molecule is CCOc1cc2nc3ccc(OC)cc3cc2c(O)c1O. The quantitative estimate of drug-likeness (QED) is 0.571. The molecule has 0 spiro atoms. The van der Waals surface area contributed by atoms with Crippen molar-refractivity contribution in [1.82, 2.24) is 4.98 Å². The van der Waals surface area contributed by atoms with Gasteiger partial charge in [0.25, 0.3) is 0 Å². The number of fused-ring (bicyclic) bond motifs is 2. The highest BCUT2D eigenvalue weighted by Crippen LogP contribution is 2.42. The molecule has 2 N–H and O–H groups in total. The maximum Gasteiger partial charge on any atom is 0.201 e. The number of pyridine rings is 1. The Bertz CT molecular complexity index is 829. The standard InChI is InChI=1S/C16H15NO4/c1-3-21-14-8-13-11(15(18)16(14)19)7-9-6-10(20-2)4-5-12(9)17-13/h4-8,18-19H,3H2,1-2H3. The normalized spacial score (nSPS) is 11.0. The zero-order valence-corrected chi connectivity index (χ0v) is 11.8. The highest BCUT2D eigenvalue weighted by atomic mass is 16.5. The highest BCUT2D eigenvalue weighted by molar-refractivity contribution is 5.98. The van der Waals surface area contributed by atoms with Crippen molar-refractivity contribution < 1.29 is 19.7 Å². The Labute approximate surface area is 121 Å². The second-order valence-corrected chi connectivity index (χ2v) is 4.62. The molecule has 0 amide bonds. The van der Waals surface area contributed by atoms with E-state index in [1.54, 1.807) is 26.2 Å². The summed E-state index contributed by atoms with van der Waals surface area (Å²) < 4.78 is 10.5. The minimum absolute atomic E-state index is 0.225. The first-order chi connectivity index (χ1) is 10.1. The number of nitrogens with zero attached hydrogens (tertiary/aromatic N) is 1. The second-order valence-electron chi connectivity index (χ2n) is 4.62. The van der Waals surface area contributed by atoms with E-state index in [0.29, 0.717) is 23.3 Å². The molecule has 0 aliphatic rings. The molecule has 21 heavy (non-hydrogen) atoms. The fourth-order valence-electron chi connectivity index (χ4n) is 2.30. The molecule has 0 saturated heterocycles. The maximum atomic E-state index is 10.2. The number of aromatic hydroxyl groups is 2. The third-order valence-corrected chi connectivity index (χ3v) is 3.33. The lowest BCUT2D eigenvalue weighted by molar-refractivity contribution is 0.310. The molecular formula is C16H15NO4. The first-order valence-electron chi connectivity index (χ1n) is 6.60. The van der Waals surface area contributed by atoms with Gasteiger partial charge in [-0.1, -0.05) is 0 Å². The molecule has 0 atom stereocenters. The van der Waals surface area contributed by atoms with E-state index in [2.05, 4.69) is 4.98 Å². The molecule has 1 aromatic heterocycles. The van der Waals surface area contributed by atoms with Gasteiger partial charge in [-0.2, -0.15) is 0 Å². The van der Waals surface area contributed by atoms with Crippen molar-refractivity contribution in [2.45, 2.75) is 6.92 Å². The van der Waals surface area contributed by atoms with Gasteiger partial charge in [0.15, 0.2) is 11.5 Å². The van der Waals surface area contributed by atoms with Crippen molar-refractivity contribution >= 4 is 21.8 Å². The van der Waals surface area contributed by atoms with Gasteiger partial charge in [0, 0.05) is 16.8 Å². The summed E-state index contributed by atoms with van der Waals surface area (Å²) >= 11 is 0. The van der Waals surface area contributed by atoms with E-state index in [1.807, 2.05) is 18.2 Å². The van der Waals surface area contributed by atoms with Crippen LogP contribution in [0.3, 0.4) is 0 Å². The van der Waals surface area contributed by atoms with Crippen LogP contribution in [0.4, 0.5) is 0 Å². The maximum absolute atomic E-state index is 10.2. The Morgan fingerprint density at radius 2 is 1.86 bits per heavy atom. The van der Waals surface area contributed by atoms with Crippen molar-refractivity contribution in [2.24, 2.45) is 0 Å². The number of benzene rings is 2. The van der Waals surface area contributed by atoms with E-state index in [-0.39, 0.29) is 17.2 Å². The average Bonchev–Trinajstić information content (AvgIpc) is 2.50. The van der Waals surface area contributed by atoms with E-state index in [4.69, 9.17) is 9.47 Å². The molecule has 3 rings (SSSR count). The number of methoxy groups -OCH3 is 1. The Kier molecular flexibility index (Phi) is 3.17. The summed E-state index contributed by atoms with van der Waals surface area (Å²) in [5.41, 5.74) is 1.34.